The average Bonchev–Trinajstić information content (AvgIpc) is 3.13. The highest BCUT2D eigenvalue weighted by Gasteiger charge is 2.27. The Balaban J connectivity index is 1.44. The molecule has 2 amide bonds. The zero-order valence-corrected chi connectivity index (χ0v) is 15.6. The SMILES string of the molecule is CCOc1ccc(C(=O)NCC(=O)N2CCC(c3nc(C)no3)CC2)cc1. The van der Waals surface area contributed by atoms with Crippen LogP contribution in [0.5, 0.6) is 5.75 Å². The van der Waals surface area contributed by atoms with Gasteiger partial charge in [0.25, 0.3) is 5.91 Å². The van der Waals surface area contributed by atoms with Crippen LogP contribution in [0, 0.1) is 6.92 Å². The summed E-state index contributed by atoms with van der Waals surface area (Å²) in [4.78, 5) is 30.6. The molecule has 0 radical (unpaired) electrons. The lowest BCUT2D eigenvalue weighted by atomic mass is 9.97. The molecular formula is C19H24N4O4. The van der Waals surface area contributed by atoms with Crippen LogP contribution >= 0.6 is 0 Å². The van der Waals surface area contributed by atoms with Crippen molar-refractivity contribution in [2.45, 2.75) is 32.6 Å². The van der Waals surface area contributed by atoms with Crippen molar-refractivity contribution in [3.05, 3.63) is 41.5 Å². The summed E-state index contributed by atoms with van der Waals surface area (Å²) in [6.07, 6.45) is 1.56. The maximum atomic E-state index is 12.4. The average molecular weight is 372 g/mol. The Morgan fingerprint density at radius 1 is 1.26 bits per heavy atom. The highest BCUT2D eigenvalue weighted by atomic mass is 16.5. The van der Waals surface area contributed by atoms with E-state index in [1.807, 2.05) is 6.92 Å². The number of nitrogens with one attached hydrogen (secondary N) is 1. The number of likely N-dealkylation sites (tertiary alicyclic amines) is 1. The lowest BCUT2D eigenvalue weighted by Gasteiger charge is -2.30. The fourth-order valence-electron chi connectivity index (χ4n) is 3.09. The Hall–Kier alpha value is -2.90. The molecule has 0 atom stereocenters. The van der Waals surface area contributed by atoms with Crippen LogP contribution in [0.4, 0.5) is 0 Å². The van der Waals surface area contributed by atoms with E-state index in [9.17, 15) is 9.59 Å². The minimum Gasteiger partial charge on any atom is -0.494 e. The minimum absolute atomic E-state index is 0.0175. The number of benzene rings is 1. The highest BCUT2D eigenvalue weighted by Crippen LogP contribution is 2.26. The predicted molar refractivity (Wildman–Crippen MR) is 97.5 cm³/mol. The monoisotopic (exact) mass is 372 g/mol. The van der Waals surface area contributed by atoms with Gasteiger partial charge in [0.1, 0.15) is 5.75 Å². The Kier molecular flexibility index (Phi) is 6.05. The zero-order chi connectivity index (χ0) is 19.2. The van der Waals surface area contributed by atoms with E-state index < -0.39 is 0 Å². The first-order chi connectivity index (χ1) is 13.1. The lowest BCUT2D eigenvalue weighted by Crippen LogP contribution is -2.43. The van der Waals surface area contributed by atoms with E-state index in [4.69, 9.17) is 9.26 Å². The van der Waals surface area contributed by atoms with Gasteiger partial charge >= 0.3 is 0 Å². The van der Waals surface area contributed by atoms with Crippen LogP contribution in [-0.4, -0.2) is 53.1 Å². The van der Waals surface area contributed by atoms with E-state index in [0.717, 1.165) is 12.8 Å². The summed E-state index contributed by atoms with van der Waals surface area (Å²) in [5.74, 6) is 1.80. The van der Waals surface area contributed by atoms with Crippen LogP contribution in [0.15, 0.2) is 28.8 Å². The summed E-state index contributed by atoms with van der Waals surface area (Å²) in [7, 11) is 0. The number of carbonyl (C=O) groups is 2. The molecule has 8 heteroatoms. The van der Waals surface area contributed by atoms with E-state index in [-0.39, 0.29) is 24.3 Å². The normalized spacial score (nSPS) is 14.8. The molecule has 1 aromatic carbocycles. The lowest BCUT2D eigenvalue weighted by molar-refractivity contribution is -0.131. The summed E-state index contributed by atoms with van der Waals surface area (Å²) in [6, 6.07) is 6.85. The number of piperidine rings is 1. The molecule has 2 heterocycles. The fraction of sp³-hybridized carbons (Fsp3) is 0.474. The maximum absolute atomic E-state index is 12.4. The third kappa shape index (κ3) is 4.84. The van der Waals surface area contributed by atoms with Gasteiger partial charge in [-0.1, -0.05) is 5.16 Å². The van der Waals surface area contributed by atoms with Gasteiger partial charge in [0.05, 0.1) is 13.2 Å². The van der Waals surface area contributed by atoms with Gasteiger partial charge < -0.3 is 19.5 Å². The molecule has 0 bridgehead atoms. The molecule has 1 aliphatic rings. The number of nitrogens with zero attached hydrogens (tertiary/aromatic N) is 3. The van der Waals surface area contributed by atoms with E-state index in [2.05, 4.69) is 15.5 Å². The van der Waals surface area contributed by atoms with Crippen LogP contribution in [-0.2, 0) is 4.79 Å². The molecule has 3 rings (SSSR count). The van der Waals surface area contributed by atoms with Crippen molar-refractivity contribution in [2.75, 3.05) is 26.2 Å². The van der Waals surface area contributed by atoms with Crippen LogP contribution in [0.1, 0.15) is 47.8 Å². The summed E-state index contributed by atoms with van der Waals surface area (Å²) in [5.41, 5.74) is 0.497. The number of ether oxygens (including phenoxy) is 1. The molecular weight excluding hydrogens is 348 g/mol. The first kappa shape index (κ1) is 18.9. The predicted octanol–water partition coefficient (Wildman–Crippen LogP) is 1.91. The van der Waals surface area contributed by atoms with Gasteiger partial charge in [-0.3, -0.25) is 9.59 Å². The van der Waals surface area contributed by atoms with Crippen molar-refractivity contribution in [3.63, 3.8) is 0 Å². The number of amides is 2. The molecule has 0 unspecified atom stereocenters. The van der Waals surface area contributed by atoms with Crippen LogP contribution < -0.4 is 10.1 Å². The van der Waals surface area contributed by atoms with Gasteiger partial charge in [-0.05, 0) is 51.0 Å². The third-order valence-corrected chi connectivity index (χ3v) is 4.57. The van der Waals surface area contributed by atoms with Gasteiger partial charge in [0, 0.05) is 24.6 Å². The number of hydrogen-bond donors (Lipinski definition) is 1. The molecule has 1 fully saturated rings. The van der Waals surface area contributed by atoms with Crippen molar-refractivity contribution in [1.82, 2.24) is 20.4 Å². The molecule has 0 saturated carbocycles. The molecule has 0 spiro atoms. The second kappa shape index (κ2) is 8.66. The molecule has 27 heavy (non-hydrogen) atoms. The second-order valence-corrected chi connectivity index (χ2v) is 6.47. The largest absolute Gasteiger partial charge is 0.494 e. The third-order valence-electron chi connectivity index (χ3n) is 4.57. The van der Waals surface area contributed by atoms with E-state index in [0.29, 0.717) is 42.7 Å². The van der Waals surface area contributed by atoms with Crippen LogP contribution in [0.2, 0.25) is 0 Å². The molecule has 1 aliphatic heterocycles. The Bertz CT molecular complexity index is 779. The van der Waals surface area contributed by atoms with Gasteiger partial charge in [-0.25, -0.2) is 0 Å². The number of carbonyl (C=O) groups excluding carboxylic acids is 2. The highest BCUT2D eigenvalue weighted by molar-refractivity contribution is 5.96. The standard InChI is InChI=1S/C19H24N4O4/c1-3-26-16-6-4-14(5-7-16)18(25)20-12-17(24)23-10-8-15(9-11-23)19-21-13(2)22-27-19/h4-7,15H,3,8-12H2,1-2H3,(H,20,25). The molecule has 1 N–H and O–H groups in total. The van der Waals surface area contributed by atoms with Crippen molar-refractivity contribution in [2.24, 2.45) is 0 Å². The maximum Gasteiger partial charge on any atom is 0.251 e. The molecule has 1 aromatic heterocycles. The summed E-state index contributed by atoms with van der Waals surface area (Å²) >= 11 is 0. The zero-order valence-electron chi connectivity index (χ0n) is 15.6. The van der Waals surface area contributed by atoms with Gasteiger partial charge in [-0.2, -0.15) is 4.98 Å². The van der Waals surface area contributed by atoms with E-state index in [1.165, 1.54) is 0 Å². The molecule has 144 valence electrons. The molecule has 8 nitrogen and oxygen atoms in total. The summed E-state index contributed by atoms with van der Waals surface area (Å²) in [6.45, 7) is 5.48. The van der Waals surface area contributed by atoms with Crippen molar-refractivity contribution >= 4 is 11.8 Å². The topological polar surface area (TPSA) is 97.6 Å². The summed E-state index contributed by atoms with van der Waals surface area (Å²) < 4.78 is 10.6. The first-order valence-electron chi connectivity index (χ1n) is 9.16. The molecule has 2 aromatic rings. The molecule has 1 saturated heterocycles. The Morgan fingerprint density at radius 2 is 1.96 bits per heavy atom. The Labute approximate surface area is 157 Å². The van der Waals surface area contributed by atoms with Crippen LogP contribution in [0.3, 0.4) is 0 Å². The number of aromatic nitrogens is 2. The van der Waals surface area contributed by atoms with E-state index >= 15 is 0 Å². The Morgan fingerprint density at radius 3 is 2.56 bits per heavy atom. The fourth-order valence-corrected chi connectivity index (χ4v) is 3.09. The smallest absolute Gasteiger partial charge is 0.251 e. The van der Waals surface area contributed by atoms with Crippen LogP contribution in [0.25, 0.3) is 0 Å². The van der Waals surface area contributed by atoms with Gasteiger partial charge in [0.2, 0.25) is 11.8 Å². The van der Waals surface area contributed by atoms with Gasteiger partial charge in [0.15, 0.2) is 5.82 Å². The quantitative estimate of drug-likeness (QED) is 0.832. The van der Waals surface area contributed by atoms with Crippen molar-refractivity contribution in [1.29, 1.82) is 0 Å². The number of rotatable bonds is 6. The number of aryl methyl sites for hydroxylation is 1. The van der Waals surface area contributed by atoms with E-state index in [1.54, 1.807) is 36.1 Å². The van der Waals surface area contributed by atoms with Gasteiger partial charge in [-0.15, -0.1) is 0 Å². The first-order valence-corrected chi connectivity index (χ1v) is 9.16. The summed E-state index contributed by atoms with van der Waals surface area (Å²) in [5, 5.41) is 6.50. The second-order valence-electron chi connectivity index (χ2n) is 6.47. The van der Waals surface area contributed by atoms with Crippen molar-refractivity contribution in [3.8, 4) is 5.75 Å². The van der Waals surface area contributed by atoms with Crippen molar-refractivity contribution < 1.29 is 18.8 Å². The number of hydrogen-bond acceptors (Lipinski definition) is 6. The molecule has 0 aliphatic carbocycles. The minimum atomic E-state index is -0.275.